The van der Waals surface area contributed by atoms with Gasteiger partial charge in [0.05, 0.1) is 43.9 Å². The third kappa shape index (κ3) is 2.31. The summed E-state index contributed by atoms with van der Waals surface area (Å²) in [5, 5.41) is 3.33. The third-order valence-electron chi connectivity index (χ3n) is 8.37. The minimum Gasteiger partial charge on any atom is -0.307 e. The van der Waals surface area contributed by atoms with Crippen molar-refractivity contribution >= 4 is 76.2 Å². The van der Waals surface area contributed by atoms with Crippen LogP contribution in [0, 0.1) is 0 Å². The molecule has 0 fully saturated rings. The number of hydrogen-bond acceptors (Lipinski definition) is 4. The number of pyridine rings is 4. The highest BCUT2D eigenvalue weighted by atomic mass is 16.1. The maximum Gasteiger partial charge on any atom is 0.198 e. The standard InChI is InChI=1S/C34H16N2O4/c37-31-17-7-1-3-13-23(17)35-25-15-16-26-28(27(25)33(39)21-11-5-9-19(31)29(21)35)34(40)22-12-6-10-20-30(22)36(26)24-14-4-2-8-18(24)32(20)38/h1-16H. The molecule has 4 heterocycles. The lowest BCUT2D eigenvalue weighted by Gasteiger charge is -2.18. The number of fused-ring (bicyclic) bond motifs is 9. The van der Waals surface area contributed by atoms with Crippen molar-refractivity contribution in [2.45, 2.75) is 0 Å². The summed E-state index contributed by atoms with van der Waals surface area (Å²) in [7, 11) is 0. The fourth-order valence-corrected chi connectivity index (χ4v) is 6.74. The summed E-state index contributed by atoms with van der Waals surface area (Å²) in [6, 6.07) is 28.7. The van der Waals surface area contributed by atoms with E-state index in [0.29, 0.717) is 76.2 Å². The van der Waals surface area contributed by atoms with Crippen LogP contribution in [0.2, 0.25) is 0 Å². The Morgan fingerprint density at radius 1 is 0.325 bits per heavy atom. The first-order valence-corrected chi connectivity index (χ1v) is 13.0. The second kappa shape index (κ2) is 7.07. The van der Waals surface area contributed by atoms with Gasteiger partial charge in [0.2, 0.25) is 0 Å². The van der Waals surface area contributed by atoms with Crippen molar-refractivity contribution < 1.29 is 0 Å². The van der Waals surface area contributed by atoms with Gasteiger partial charge in [0.1, 0.15) is 0 Å². The zero-order valence-electron chi connectivity index (χ0n) is 20.8. The van der Waals surface area contributed by atoms with E-state index < -0.39 is 0 Å². The Morgan fingerprint density at radius 3 is 1.10 bits per heavy atom. The lowest BCUT2D eigenvalue weighted by atomic mass is 9.98. The van der Waals surface area contributed by atoms with Crippen LogP contribution in [0.1, 0.15) is 0 Å². The number of benzene rings is 5. The third-order valence-corrected chi connectivity index (χ3v) is 8.37. The summed E-state index contributed by atoms with van der Waals surface area (Å²) >= 11 is 0. The molecule has 0 amide bonds. The SMILES string of the molecule is O=c1c2ccccc2n2c3ccc4c(c(=O)c5cccc6c(=O)c7ccccc7n4c65)c3c(=O)c3cccc1c32. The van der Waals surface area contributed by atoms with E-state index in [1.54, 1.807) is 48.5 Å². The molecule has 9 aromatic rings. The number of aromatic nitrogens is 2. The zero-order valence-corrected chi connectivity index (χ0v) is 20.8. The van der Waals surface area contributed by atoms with Crippen LogP contribution < -0.4 is 21.7 Å². The normalized spacial score (nSPS) is 12.4. The molecule has 0 spiro atoms. The van der Waals surface area contributed by atoms with Gasteiger partial charge in [0.25, 0.3) is 0 Å². The van der Waals surface area contributed by atoms with Crippen LogP contribution in [0.15, 0.2) is 116 Å². The summed E-state index contributed by atoms with van der Waals surface area (Å²) in [5.74, 6) is 0. The second-order valence-corrected chi connectivity index (χ2v) is 10.3. The van der Waals surface area contributed by atoms with E-state index in [9.17, 15) is 19.2 Å². The number of para-hydroxylation sites is 4. The van der Waals surface area contributed by atoms with Crippen molar-refractivity contribution in [2.75, 3.05) is 0 Å². The van der Waals surface area contributed by atoms with Crippen molar-refractivity contribution in [1.82, 2.24) is 8.80 Å². The Morgan fingerprint density at radius 2 is 0.675 bits per heavy atom. The zero-order chi connectivity index (χ0) is 26.9. The van der Waals surface area contributed by atoms with E-state index >= 15 is 0 Å². The molecule has 0 atom stereocenters. The van der Waals surface area contributed by atoms with Crippen LogP contribution in [-0.2, 0) is 0 Å². The van der Waals surface area contributed by atoms with Gasteiger partial charge >= 0.3 is 0 Å². The van der Waals surface area contributed by atoms with Crippen LogP contribution in [0.25, 0.3) is 76.2 Å². The van der Waals surface area contributed by atoms with Gasteiger partial charge in [-0.1, -0.05) is 36.4 Å². The van der Waals surface area contributed by atoms with Gasteiger partial charge in [-0.15, -0.1) is 0 Å². The Labute approximate surface area is 222 Å². The Balaban J connectivity index is 1.70. The van der Waals surface area contributed by atoms with Crippen LogP contribution in [0.4, 0.5) is 0 Å². The topological polar surface area (TPSA) is 77.1 Å². The largest absolute Gasteiger partial charge is 0.307 e. The molecule has 0 bridgehead atoms. The van der Waals surface area contributed by atoms with E-state index in [1.807, 2.05) is 57.3 Å². The Bertz CT molecular complexity index is 2650. The monoisotopic (exact) mass is 516 g/mol. The molecule has 9 rings (SSSR count). The van der Waals surface area contributed by atoms with Gasteiger partial charge < -0.3 is 8.80 Å². The fraction of sp³-hybridized carbons (Fsp3) is 0. The number of rotatable bonds is 0. The van der Waals surface area contributed by atoms with Crippen LogP contribution >= 0.6 is 0 Å². The molecule has 4 aromatic heterocycles. The summed E-state index contributed by atoms with van der Waals surface area (Å²) < 4.78 is 3.87. The van der Waals surface area contributed by atoms with Crippen molar-refractivity contribution in [3.63, 3.8) is 0 Å². The molecule has 0 radical (unpaired) electrons. The molecule has 6 heteroatoms. The first-order chi connectivity index (χ1) is 19.6. The first kappa shape index (κ1) is 21.3. The molecule has 6 nitrogen and oxygen atoms in total. The molecular weight excluding hydrogens is 500 g/mol. The van der Waals surface area contributed by atoms with Gasteiger partial charge in [-0.25, -0.2) is 0 Å². The van der Waals surface area contributed by atoms with Gasteiger partial charge in [-0.05, 0) is 60.7 Å². The van der Waals surface area contributed by atoms with E-state index in [-0.39, 0.29) is 21.7 Å². The highest BCUT2D eigenvalue weighted by molar-refractivity contribution is 6.17. The lowest BCUT2D eigenvalue weighted by molar-refractivity contribution is 1.29. The average molecular weight is 517 g/mol. The van der Waals surface area contributed by atoms with E-state index in [1.165, 1.54) is 0 Å². The van der Waals surface area contributed by atoms with Crippen molar-refractivity contribution in [1.29, 1.82) is 0 Å². The fourth-order valence-electron chi connectivity index (χ4n) is 6.74. The summed E-state index contributed by atoms with van der Waals surface area (Å²) in [6.45, 7) is 0. The van der Waals surface area contributed by atoms with E-state index in [2.05, 4.69) is 0 Å². The molecule has 186 valence electrons. The van der Waals surface area contributed by atoms with Gasteiger partial charge in [0.15, 0.2) is 21.7 Å². The highest BCUT2D eigenvalue weighted by Crippen LogP contribution is 2.32. The molecular formula is C34H16N2O4. The van der Waals surface area contributed by atoms with Crippen LogP contribution in [-0.4, -0.2) is 8.80 Å². The maximum atomic E-state index is 14.3. The molecule has 0 N–H and O–H groups in total. The Hall–Kier alpha value is -5.62. The molecule has 0 saturated heterocycles. The van der Waals surface area contributed by atoms with Crippen LogP contribution in [0.5, 0.6) is 0 Å². The van der Waals surface area contributed by atoms with Crippen LogP contribution in [0.3, 0.4) is 0 Å². The minimum atomic E-state index is -0.304. The summed E-state index contributed by atoms with van der Waals surface area (Å²) in [4.78, 5) is 55.5. The predicted octanol–water partition coefficient (Wildman–Crippen LogP) is 5.43. The molecule has 40 heavy (non-hydrogen) atoms. The lowest BCUT2D eigenvalue weighted by Crippen LogP contribution is -2.18. The molecule has 0 aliphatic heterocycles. The van der Waals surface area contributed by atoms with Crippen molar-refractivity contribution in [3.05, 3.63) is 138 Å². The highest BCUT2D eigenvalue weighted by Gasteiger charge is 2.22. The van der Waals surface area contributed by atoms with Gasteiger partial charge in [-0.3, -0.25) is 19.2 Å². The first-order valence-electron chi connectivity index (χ1n) is 13.0. The quantitative estimate of drug-likeness (QED) is 0.199. The minimum absolute atomic E-state index is 0.134. The smallest absolute Gasteiger partial charge is 0.198 e. The number of nitrogens with zero attached hydrogens (tertiary/aromatic N) is 2. The van der Waals surface area contributed by atoms with E-state index in [0.717, 1.165) is 0 Å². The van der Waals surface area contributed by atoms with E-state index in [4.69, 9.17) is 0 Å². The van der Waals surface area contributed by atoms with Gasteiger partial charge in [-0.2, -0.15) is 0 Å². The van der Waals surface area contributed by atoms with Gasteiger partial charge in [0, 0.05) is 32.3 Å². The average Bonchev–Trinajstić information content (AvgIpc) is 3.00. The molecule has 0 aliphatic carbocycles. The number of hydrogen-bond donors (Lipinski definition) is 0. The molecule has 0 saturated carbocycles. The summed E-state index contributed by atoms with van der Waals surface area (Å²) in [5.41, 5.74) is 2.66. The second-order valence-electron chi connectivity index (χ2n) is 10.3. The van der Waals surface area contributed by atoms with Crippen molar-refractivity contribution in [3.8, 4) is 0 Å². The summed E-state index contributed by atoms with van der Waals surface area (Å²) in [6.07, 6.45) is 0. The maximum absolute atomic E-state index is 14.3. The molecule has 0 aliphatic rings. The van der Waals surface area contributed by atoms with Crippen molar-refractivity contribution in [2.24, 2.45) is 0 Å². The predicted molar refractivity (Wildman–Crippen MR) is 161 cm³/mol. The molecule has 0 unspecified atom stereocenters. The Kier molecular flexibility index (Phi) is 3.77. The molecule has 5 aromatic carbocycles.